The van der Waals surface area contributed by atoms with E-state index >= 15 is 0 Å². The molecule has 0 atom stereocenters. The Morgan fingerprint density at radius 1 is 1.40 bits per heavy atom. The van der Waals surface area contributed by atoms with Crippen LogP contribution in [0.1, 0.15) is 28.9 Å². The first-order valence-electron chi connectivity index (χ1n) is 6.54. The SMILES string of the molecule is CCc1nc(C(=O)Nc2ccccc2CCOC)n[nH]1. The molecule has 1 heterocycles. The number of carbonyl (C=O) groups is 1. The van der Waals surface area contributed by atoms with Gasteiger partial charge in [-0.25, -0.2) is 4.98 Å². The highest BCUT2D eigenvalue weighted by Crippen LogP contribution is 2.16. The Labute approximate surface area is 117 Å². The molecule has 0 spiro atoms. The fourth-order valence-corrected chi connectivity index (χ4v) is 1.81. The van der Waals surface area contributed by atoms with Gasteiger partial charge in [0.2, 0.25) is 5.82 Å². The van der Waals surface area contributed by atoms with Gasteiger partial charge in [-0.1, -0.05) is 25.1 Å². The average molecular weight is 274 g/mol. The first-order valence-corrected chi connectivity index (χ1v) is 6.54. The van der Waals surface area contributed by atoms with Gasteiger partial charge in [0.1, 0.15) is 5.82 Å². The molecule has 0 bridgehead atoms. The molecule has 2 N–H and O–H groups in total. The zero-order chi connectivity index (χ0) is 14.4. The Balaban J connectivity index is 2.10. The number of para-hydroxylation sites is 1. The van der Waals surface area contributed by atoms with Gasteiger partial charge in [-0.05, 0) is 18.1 Å². The molecular formula is C14H18N4O2. The monoisotopic (exact) mass is 274 g/mol. The smallest absolute Gasteiger partial charge is 0.295 e. The molecule has 0 aliphatic carbocycles. The summed E-state index contributed by atoms with van der Waals surface area (Å²) < 4.78 is 5.07. The summed E-state index contributed by atoms with van der Waals surface area (Å²) in [4.78, 5) is 16.2. The maximum Gasteiger partial charge on any atom is 0.295 e. The van der Waals surface area contributed by atoms with Gasteiger partial charge in [-0.3, -0.25) is 9.89 Å². The number of benzene rings is 1. The van der Waals surface area contributed by atoms with Crippen LogP contribution in [0.25, 0.3) is 0 Å². The number of aryl methyl sites for hydroxylation is 1. The molecular weight excluding hydrogens is 256 g/mol. The van der Waals surface area contributed by atoms with Crippen LogP contribution in [0.15, 0.2) is 24.3 Å². The number of H-pyrrole nitrogens is 1. The molecule has 0 unspecified atom stereocenters. The number of nitrogens with one attached hydrogen (secondary N) is 2. The quantitative estimate of drug-likeness (QED) is 0.842. The van der Waals surface area contributed by atoms with E-state index < -0.39 is 0 Å². The summed E-state index contributed by atoms with van der Waals surface area (Å²) in [6.45, 7) is 2.55. The molecule has 6 heteroatoms. The van der Waals surface area contributed by atoms with Crippen molar-refractivity contribution in [3.05, 3.63) is 41.5 Å². The molecule has 1 aromatic heterocycles. The van der Waals surface area contributed by atoms with Gasteiger partial charge >= 0.3 is 0 Å². The molecule has 1 amide bonds. The molecule has 0 radical (unpaired) electrons. The van der Waals surface area contributed by atoms with Crippen molar-refractivity contribution in [2.45, 2.75) is 19.8 Å². The van der Waals surface area contributed by atoms with E-state index in [0.717, 1.165) is 17.7 Å². The van der Waals surface area contributed by atoms with Crippen molar-refractivity contribution >= 4 is 11.6 Å². The van der Waals surface area contributed by atoms with Crippen LogP contribution in [0.5, 0.6) is 0 Å². The second kappa shape index (κ2) is 6.81. The van der Waals surface area contributed by atoms with Crippen LogP contribution in [-0.2, 0) is 17.6 Å². The van der Waals surface area contributed by atoms with E-state index in [4.69, 9.17) is 4.74 Å². The van der Waals surface area contributed by atoms with Gasteiger partial charge in [0.05, 0.1) is 6.61 Å². The highest BCUT2D eigenvalue weighted by atomic mass is 16.5. The highest BCUT2D eigenvalue weighted by Gasteiger charge is 2.13. The van der Waals surface area contributed by atoms with E-state index in [1.807, 2.05) is 31.2 Å². The molecule has 2 rings (SSSR count). The van der Waals surface area contributed by atoms with Crippen molar-refractivity contribution in [1.29, 1.82) is 0 Å². The second-order valence-corrected chi connectivity index (χ2v) is 4.31. The Kier molecular flexibility index (Phi) is 4.84. The number of hydrogen-bond acceptors (Lipinski definition) is 4. The summed E-state index contributed by atoms with van der Waals surface area (Å²) in [6.07, 6.45) is 1.45. The van der Waals surface area contributed by atoms with E-state index in [1.54, 1.807) is 7.11 Å². The third-order valence-electron chi connectivity index (χ3n) is 2.91. The number of carbonyl (C=O) groups excluding carboxylic acids is 1. The maximum atomic E-state index is 12.1. The number of amides is 1. The predicted molar refractivity (Wildman–Crippen MR) is 75.7 cm³/mol. The molecule has 6 nitrogen and oxygen atoms in total. The van der Waals surface area contributed by atoms with Gasteiger partial charge in [0.25, 0.3) is 5.91 Å². The van der Waals surface area contributed by atoms with Gasteiger partial charge in [0.15, 0.2) is 0 Å². The summed E-state index contributed by atoms with van der Waals surface area (Å²) >= 11 is 0. The van der Waals surface area contributed by atoms with Gasteiger partial charge in [0, 0.05) is 19.2 Å². The van der Waals surface area contributed by atoms with Crippen LogP contribution in [0.3, 0.4) is 0 Å². The summed E-state index contributed by atoms with van der Waals surface area (Å²) in [6, 6.07) is 7.63. The first-order chi connectivity index (χ1) is 9.74. The number of anilines is 1. The Bertz CT molecular complexity index is 580. The number of ether oxygens (including phenoxy) is 1. The summed E-state index contributed by atoms with van der Waals surface area (Å²) in [5, 5.41) is 9.46. The topological polar surface area (TPSA) is 79.9 Å². The zero-order valence-corrected chi connectivity index (χ0v) is 11.6. The molecule has 0 fully saturated rings. The van der Waals surface area contributed by atoms with Crippen molar-refractivity contribution in [1.82, 2.24) is 15.2 Å². The van der Waals surface area contributed by atoms with Crippen molar-refractivity contribution in [3.8, 4) is 0 Å². The minimum atomic E-state index is -0.314. The molecule has 0 aliphatic rings. The van der Waals surface area contributed by atoms with Crippen LogP contribution in [-0.4, -0.2) is 34.8 Å². The van der Waals surface area contributed by atoms with Crippen molar-refractivity contribution in [2.75, 3.05) is 19.0 Å². The lowest BCUT2D eigenvalue weighted by Crippen LogP contribution is -2.15. The summed E-state index contributed by atoms with van der Waals surface area (Å²) in [5.74, 6) is 0.539. The van der Waals surface area contributed by atoms with E-state index in [-0.39, 0.29) is 11.7 Å². The van der Waals surface area contributed by atoms with Crippen molar-refractivity contribution < 1.29 is 9.53 Å². The Morgan fingerprint density at radius 3 is 2.90 bits per heavy atom. The summed E-state index contributed by atoms with van der Waals surface area (Å²) in [5.41, 5.74) is 1.78. The van der Waals surface area contributed by atoms with Crippen LogP contribution in [0.4, 0.5) is 5.69 Å². The molecule has 0 saturated carbocycles. The van der Waals surface area contributed by atoms with E-state index in [2.05, 4.69) is 20.5 Å². The highest BCUT2D eigenvalue weighted by molar-refractivity contribution is 6.01. The maximum absolute atomic E-state index is 12.1. The Morgan fingerprint density at radius 2 is 2.20 bits per heavy atom. The third kappa shape index (κ3) is 3.42. The number of nitrogens with zero attached hydrogens (tertiary/aromatic N) is 2. The Hall–Kier alpha value is -2.21. The second-order valence-electron chi connectivity index (χ2n) is 4.31. The number of rotatable bonds is 6. The summed E-state index contributed by atoms with van der Waals surface area (Å²) in [7, 11) is 1.65. The largest absolute Gasteiger partial charge is 0.384 e. The lowest BCUT2D eigenvalue weighted by atomic mass is 10.1. The van der Waals surface area contributed by atoms with E-state index in [9.17, 15) is 4.79 Å². The lowest BCUT2D eigenvalue weighted by molar-refractivity contribution is 0.101. The minimum absolute atomic E-state index is 0.156. The van der Waals surface area contributed by atoms with Crippen molar-refractivity contribution in [3.63, 3.8) is 0 Å². The van der Waals surface area contributed by atoms with Gasteiger partial charge in [-0.15, -0.1) is 5.10 Å². The molecule has 0 aliphatic heterocycles. The minimum Gasteiger partial charge on any atom is -0.384 e. The number of methoxy groups -OCH3 is 1. The van der Waals surface area contributed by atoms with Crippen LogP contribution >= 0.6 is 0 Å². The number of aromatic amines is 1. The molecule has 1 aromatic carbocycles. The fraction of sp³-hybridized carbons (Fsp3) is 0.357. The molecule has 20 heavy (non-hydrogen) atoms. The third-order valence-corrected chi connectivity index (χ3v) is 2.91. The average Bonchev–Trinajstić information content (AvgIpc) is 2.95. The fourth-order valence-electron chi connectivity index (χ4n) is 1.81. The first kappa shape index (κ1) is 14.2. The van der Waals surface area contributed by atoms with Crippen molar-refractivity contribution in [2.24, 2.45) is 0 Å². The lowest BCUT2D eigenvalue weighted by Gasteiger charge is -2.09. The van der Waals surface area contributed by atoms with Gasteiger partial charge < -0.3 is 10.1 Å². The standard InChI is InChI=1S/C14H18N4O2/c1-3-12-16-13(18-17-12)14(19)15-11-7-5-4-6-10(11)8-9-20-2/h4-7H,3,8-9H2,1-2H3,(H,15,19)(H,16,17,18). The van der Waals surface area contributed by atoms with Crippen LogP contribution < -0.4 is 5.32 Å². The number of hydrogen-bond donors (Lipinski definition) is 2. The van der Waals surface area contributed by atoms with E-state index in [0.29, 0.717) is 18.9 Å². The zero-order valence-electron chi connectivity index (χ0n) is 11.6. The number of aromatic nitrogens is 3. The normalized spacial score (nSPS) is 10.5. The van der Waals surface area contributed by atoms with E-state index in [1.165, 1.54) is 0 Å². The van der Waals surface area contributed by atoms with Crippen LogP contribution in [0.2, 0.25) is 0 Å². The van der Waals surface area contributed by atoms with Crippen LogP contribution in [0, 0.1) is 0 Å². The molecule has 0 saturated heterocycles. The molecule has 106 valence electrons. The molecule has 2 aromatic rings. The predicted octanol–water partition coefficient (Wildman–Crippen LogP) is 1.81. The van der Waals surface area contributed by atoms with Gasteiger partial charge in [-0.2, -0.15) is 0 Å².